The highest BCUT2D eigenvalue weighted by atomic mass is 35.5. The van der Waals surface area contributed by atoms with Gasteiger partial charge in [-0.25, -0.2) is 0 Å². The van der Waals surface area contributed by atoms with Crippen molar-refractivity contribution in [2.75, 3.05) is 37.6 Å². The van der Waals surface area contributed by atoms with Gasteiger partial charge >= 0.3 is 0 Å². The normalized spacial score (nSPS) is 13.8. The van der Waals surface area contributed by atoms with E-state index in [0.29, 0.717) is 36.8 Å². The molecular formula is C25H26ClN3O3. The second kappa shape index (κ2) is 10.4. The molecule has 1 aromatic heterocycles. The molecule has 2 amide bonds. The van der Waals surface area contributed by atoms with Crippen molar-refractivity contribution in [3.63, 3.8) is 0 Å². The Balaban J connectivity index is 1.34. The summed E-state index contributed by atoms with van der Waals surface area (Å²) in [6.45, 7) is 3.62. The van der Waals surface area contributed by atoms with Crippen LogP contribution in [0.15, 0.2) is 77.6 Å². The van der Waals surface area contributed by atoms with E-state index in [0.717, 1.165) is 24.3 Å². The summed E-state index contributed by atoms with van der Waals surface area (Å²) in [4.78, 5) is 31.7. The van der Waals surface area contributed by atoms with Crippen LogP contribution in [-0.4, -0.2) is 54.3 Å². The van der Waals surface area contributed by atoms with E-state index < -0.39 is 0 Å². The summed E-state index contributed by atoms with van der Waals surface area (Å²) >= 11 is 6.11. The summed E-state index contributed by atoms with van der Waals surface area (Å²) in [7, 11) is 0. The molecule has 0 radical (unpaired) electrons. The number of anilines is 1. The van der Waals surface area contributed by atoms with Crippen LogP contribution in [0.1, 0.15) is 22.3 Å². The van der Waals surface area contributed by atoms with Crippen LogP contribution in [0.4, 0.5) is 5.69 Å². The molecule has 6 nitrogen and oxygen atoms in total. The Morgan fingerprint density at radius 2 is 1.75 bits per heavy atom. The molecule has 1 aliphatic rings. The molecule has 2 aromatic carbocycles. The van der Waals surface area contributed by atoms with Gasteiger partial charge in [-0.2, -0.15) is 0 Å². The number of benzene rings is 2. The lowest BCUT2D eigenvalue weighted by molar-refractivity contribution is -0.131. The second-order valence-corrected chi connectivity index (χ2v) is 8.26. The Kier molecular flexibility index (Phi) is 7.12. The lowest BCUT2D eigenvalue weighted by Crippen LogP contribution is -2.49. The maximum Gasteiger partial charge on any atom is 0.257 e. The first kappa shape index (κ1) is 22.0. The third-order valence-electron chi connectivity index (χ3n) is 5.67. The maximum atomic E-state index is 13.0. The van der Waals surface area contributed by atoms with Gasteiger partial charge in [0, 0.05) is 56.4 Å². The summed E-state index contributed by atoms with van der Waals surface area (Å²) in [5.41, 5.74) is 2.58. The number of nitrogens with zero attached hydrogens (tertiary/aromatic N) is 3. The van der Waals surface area contributed by atoms with Gasteiger partial charge in [0.15, 0.2) is 0 Å². The van der Waals surface area contributed by atoms with Crippen LogP contribution in [0.25, 0.3) is 0 Å². The minimum Gasteiger partial charge on any atom is -0.472 e. The first-order valence-electron chi connectivity index (χ1n) is 10.7. The summed E-state index contributed by atoms with van der Waals surface area (Å²) in [6.07, 6.45) is 3.21. The van der Waals surface area contributed by atoms with Crippen molar-refractivity contribution in [1.29, 1.82) is 0 Å². The van der Waals surface area contributed by atoms with Crippen molar-refractivity contribution in [3.8, 4) is 0 Å². The largest absolute Gasteiger partial charge is 0.472 e. The van der Waals surface area contributed by atoms with Gasteiger partial charge in [-0.3, -0.25) is 9.59 Å². The number of hydrogen-bond acceptors (Lipinski definition) is 4. The van der Waals surface area contributed by atoms with Gasteiger partial charge < -0.3 is 19.1 Å². The molecule has 0 saturated carbocycles. The van der Waals surface area contributed by atoms with Crippen molar-refractivity contribution < 1.29 is 14.0 Å². The van der Waals surface area contributed by atoms with Gasteiger partial charge in [-0.05, 0) is 29.8 Å². The van der Waals surface area contributed by atoms with Crippen molar-refractivity contribution in [1.82, 2.24) is 9.80 Å². The summed E-state index contributed by atoms with van der Waals surface area (Å²) < 4.78 is 5.08. The van der Waals surface area contributed by atoms with E-state index in [-0.39, 0.29) is 18.2 Å². The number of amides is 2. The van der Waals surface area contributed by atoms with Crippen LogP contribution in [0.3, 0.4) is 0 Å². The second-order valence-electron chi connectivity index (χ2n) is 7.82. The molecule has 0 spiro atoms. The number of piperazine rings is 1. The minimum absolute atomic E-state index is 0.0637. The fourth-order valence-corrected chi connectivity index (χ4v) is 4.09. The van der Waals surface area contributed by atoms with Gasteiger partial charge in [0.1, 0.15) is 6.26 Å². The van der Waals surface area contributed by atoms with E-state index in [1.165, 1.54) is 12.5 Å². The first-order valence-corrected chi connectivity index (χ1v) is 11.1. The summed E-state index contributed by atoms with van der Waals surface area (Å²) in [5.74, 6) is -0.0741. The van der Waals surface area contributed by atoms with E-state index in [4.69, 9.17) is 16.0 Å². The van der Waals surface area contributed by atoms with Crippen LogP contribution in [0.2, 0.25) is 5.02 Å². The third-order valence-corrected chi connectivity index (χ3v) is 5.91. The van der Waals surface area contributed by atoms with E-state index in [1.807, 2.05) is 59.5 Å². The topological polar surface area (TPSA) is 57.0 Å². The fourth-order valence-electron chi connectivity index (χ4n) is 3.90. The van der Waals surface area contributed by atoms with E-state index >= 15 is 0 Å². The predicted octanol–water partition coefficient (Wildman–Crippen LogP) is 4.31. The molecule has 2 heterocycles. The van der Waals surface area contributed by atoms with E-state index in [9.17, 15) is 9.59 Å². The molecule has 0 N–H and O–H groups in total. The molecule has 3 aromatic rings. The van der Waals surface area contributed by atoms with Crippen LogP contribution in [0, 0.1) is 0 Å². The van der Waals surface area contributed by atoms with Crippen molar-refractivity contribution in [3.05, 3.63) is 89.3 Å². The third kappa shape index (κ3) is 5.51. The number of rotatable bonds is 7. The first-order chi connectivity index (χ1) is 15.6. The molecular weight excluding hydrogens is 426 g/mol. The maximum absolute atomic E-state index is 13.0. The highest BCUT2D eigenvalue weighted by Gasteiger charge is 2.23. The van der Waals surface area contributed by atoms with Crippen molar-refractivity contribution in [2.24, 2.45) is 0 Å². The lowest BCUT2D eigenvalue weighted by atomic mass is 10.1. The predicted molar refractivity (Wildman–Crippen MR) is 125 cm³/mol. The zero-order valence-electron chi connectivity index (χ0n) is 17.8. The Morgan fingerprint density at radius 1 is 0.969 bits per heavy atom. The molecule has 0 bridgehead atoms. The van der Waals surface area contributed by atoms with Gasteiger partial charge in [0.05, 0.1) is 11.8 Å². The molecule has 166 valence electrons. The Hall–Kier alpha value is -3.25. The van der Waals surface area contributed by atoms with Crippen molar-refractivity contribution in [2.45, 2.75) is 13.0 Å². The van der Waals surface area contributed by atoms with Gasteiger partial charge in [0.25, 0.3) is 5.91 Å². The average Bonchev–Trinajstić information content (AvgIpc) is 3.37. The smallest absolute Gasteiger partial charge is 0.257 e. The number of carbonyl (C=O) groups excluding carboxylic acids is 2. The van der Waals surface area contributed by atoms with Crippen LogP contribution < -0.4 is 4.90 Å². The minimum atomic E-state index is -0.138. The number of hydrogen-bond donors (Lipinski definition) is 0. The molecule has 4 rings (SSSR count). The average molecular weight is 452 g/mol. The van der Waals surface area contributed by atoms with Crippen LogP contribution in [-0.2, 0) is 11.3 Å². The molecule has 1 aliphatic heterocycles. The SMILES string of the molecule is O=C(CCN(Cc1ccccc1)C(=O)c1ccoc1)N1CCN(c2cccc(Cl)c2)CC1. The molecule has 7 heteroatoms. The molecule has 1 saturated heterocycles. The monoisotopic (exact) mass is 451 g/mol. The number of carbonyl (C=O) groups is 2. The molecule has 32 heavy (non-hydrogen) atoms. The number of halogens is 1. The zero-order chi connectivity index (χ0) is 22.3. The zero-order valence-corrected chi connectivity index (χ0v) is 18.6. The van der Waals surface area contributed by atoms with Crippen LogP contribution >= 0.6 is 11.6 Å². The summed E-state index contributed by atoms with van der Waals surface area (Å²) in [5, 5.41) is 0.710. The Labute approximate surface area is 193 Å². The van der Waals surface area contributed by atoms with Crippen molar-refractivity contribution >= 4 is 29.1 Å². The van der Waals surface area contributed by atoms with Crippen LogP contribution in [0.5, 0.6) is 0 Å². The van der Waals surface area contributed by atoms with E-state index in [1.54, 1.807) is 11.0 Å². The summed E-state index contributed by atoms with van der Waals surface area (Å²) in [6, 6.07) is 19.2. The van der Waals surface area contributed by atoms with Gasteiger partial charge in [-0.15, -0.1) is 0 Å². The van der Waals surface area contributed by atoms with E-state index in [2.05, 4.69) is 4.90 Å². The highest BCUT2D eigenvalue weighted by Crippen LogP contribution is 2.21. The fraction of sp³-hybridized carbons (Fsp3) is 0.280. The van der Waals surface area contributed by atoms with Gasteiger partial charge in [-0.1, -0.05) is 48.0 Å². The number of furan rings is 1. The Morgan fingerprint density at radius 3 is 2.44 bits per heavy atom. The van der Waals surface area contributed by atoms with Gasteiger partial charge in [0.2, 0.25) is 5.91 Å². The molecule has 0 atom stereocenters. The lowest BCUT2D eigenvalue weighted by Gasteiger charge is -2.36. The molecule has 0 unspecified atom stereocenters. The highest BCUT2D eigenvalue weighted by molar-refractivity contribution is 6.30. The molecule has 1 fully saturated rings. The standard InChI is InChI=1S/C25H26ClN3O3/c26-22-7-4-8-23(17-22)27-12-14-28(15-13-27)24(30)9-11-29(18-20-5-2-1-3-6-20)25(31)21-10-16-32-19-21/h1-8,10,16-17,19H,9,11-15,18H2. The molecule has 0 aliphatic carbocycles. The Bertz CT molecular complexity index is 1030. The quantitative estimate of drug-likeness (QED) is 0.537.